The molecule has 0 bridgehead atoms. The number of nitrogens with one attached hydrogen (secondary N) is 3. The van der Waals surface area contributed by atoms with Crippen LogP contribution in [0.4, 0.5) is 11.5 Å². The highest BCUT2D eigenvalue weighted by Crippen LogP contribution is 2.38. The molecule has 0 unspecified atom stereocenters. The fourth-order valence-electron chi connectivity index (χ4n) is 2.97. The SMILES string of the molecule is COc1cc(NS(=O)(=O)c2ccc(NC(=S)NC(=O)c3cc(OC)c(OC)c(OC)c3)cc2)ncn1. The number of amides is 1. The first-order valence-corrected chi connectivity index (χ1v) is 12.0. The number of ether oxygens (including phenoxy) is 4. The third kappa shape index (κ3) is 6.28. The van der Waals surface area contributed by atoms with E-state index in [4.69, 9.17) is 31.2 Å². The van der Waals surface area contributed by atoms with Crippen molar-refractivity contribution in [2.24, 2.45) is 0 Å². The number of rotatable bonds is 9. The van der Waals surface area contributed by atoms with E-state index < -0.39 is 15.9 Å². The molecule has 1 aromatic heterocycles. The second-order valence-electron chi connectivity index (χ2n) is 6.90. The summed E-state index contributed by atoms with van der Waals surface area (Å²) in [5.41, 5.74) is 0.676. The summed E-state index contributed by atoms with van der Waals surface area (Å²) >= 11 is 5.21. The van der Waals surface area contributed by atoms with E-state index in [1.807, 2.05) is 0 Å². The first-order valence-electron chi connectivity index (χ1n) is 10.1. The lowest BCUT2D eigenvalue weighted by molar-refractivity contribution is 0.0977. The predicted octanol–water partition coefficient (Wildman–Crippen LogP) is 2.44. The second-order valence-corrected chi connectivity index (χ2v) is 8.99. The molecule has 0 saturated heterocycles. The van der Waals surface area contributed by atoms with Crippen molar-refractivity contribution in [1.29, 1.82) is 0 Å². The minimum atomic E-state index is -3.92. The van der Waals surface area contributed by atoms with Gasteiger partial charge >= 0.3 is 0 Å². The molecule has 2 aromatic carbocycles. The Kier molecular flexibility index (Phi) is 8.45. The highest BCUT2D eigenvalue weighted by atomic mass is 32.2. The number of methoxy groups -OCH3 is 4. The van der Waals surface area contributed by atoms with Gasteiger partial charge in [0.15, 0.2) is 16.6 Å². The van der Waals surface area contributed by atoms with Crippen LogP contribution >= 0.6 is 12.2 Å². The number of carbonyl (C=O) groups is 1. The summed E-state index contributed by atoms with van der Waals surface area (Å²) in [6.07, 6.45) is 1.18. The van der Waals surface area contributed by atoms with E-state index in [-0.39, 0.29) is 27.3 Å². The van der Waals surface area contributed by atoms with Crippen molar-refractivity contribution in [2.75, 3.05) is 38.5 Å². The molecule has 1 heterocycles. The van der Waals surface area contributed by atoms with Crippen LogP contribution in [-0.4, -0.2) is 57.8 Å². The van der Waals surface area contributed by atoms with E-state index in [0.717, 1.165) is 0 Å². The molecule has 14 heteroatoms. The van der Waals surface area contributed by atoms with Gasteiger partial charge in [-0.25, -0.2) is 18.4 Å². The monoisotopic (exact) mass is 533 g/mol. The minimum Gasteiger partial charge on any atom is -0.493 e. The van der Waals surface area contributed by atoms with Crippen LogP contribution in [0.2, 0.25) is 0 Å². The van der Waals surface area contributed by atoms with Crippen molar-refractivity contribution < 1.29 is 32.2 Å². The number of hydrogen-bond acceptors (Lipinski definition) is 10. The van der Waals surface area contributed by atoms with Gasteiger partial charge in [0.2, 0.25) is 11.6 Å². The van der Waals surface area contributed by atoms with E-state index in [2.05, 4.69) is 25.3 Å². The first-order chi connectivity index (χ1) is 17.2. The number of sulfonamides is 1. The predicted molar refractivity (Wildman–Crippen MR) is 136 cm³/mol. The van der Waals surface area contributed by atoms with Gasteiger partial charge in [0.05, 0.1) is 33.3 Å². The average Bonchev–Trinajstić information content (AvgIpc) is 2.87. The van der Waals surface area contributed by atoms with Crippen molar-refractivity contribution in [3.05, 3.63) is 54.4 Å². The van der Waals surface area contributed by atoms with Gasteiger partial charge in [-0.3, -0.25) is 14.8 Å². The zero-order chi connectivity index (χ0) is 26.3. The fourth-order valence-corrected chi connectivity index (χ4v) is 4.18. The van der Waals surface area contributed by atoms with Crippen LogP contribution in [0.25, 0.3) is 0 Å². The summed E-state index contributed by atoms with van der Waals surface area (Å²) in [5, 5.41) is 5.37. The molecule has 0 spiro atoms. The number of benzene rings is 2. The van der Waals surface area contributed by atoms with Gasteiger partial charge < -0.3 is 24.3 Å². The van der Waals surface area contributed by atoms with E-state index in [1.54, 1.807) is 0 Å². The molecular weight excluding hydrogens is 510 g/mol. The molecule has 0 aliphatic rings. The molecule has 0 fully saturated rings. The summed E-state index contributed by atoms with van der Waals surface area (Å²) in [4.78, 5) is 20.4. The van der Waals surface area contributed by atoms with Gasteiger partial charge in [0.25, 0.3) is 15.9 Å². The third-order valence-electron chi connectivity index (χ3n) is 4.67. The first kappa shape index (κ1) is 26.4. The lowest BCUT2D eigenvalue weighted by Crippen LogP contribution is -2.34. The Morgan fingerprint density at radius 1 is 0.889 bits per heavy atom. The molecule has 12 nitrogen and oxygen atoms in total. The third-order valence-corrected chi connectivity index (χ3v) is 6.24. The van der Waals surface area contributed by atoms with Crippen molar-refractivity contribution in [1.82, 2.24) is 15.3 Å². The molecule has 0 atom stereocenters. The van der Waals surface area contributed by atoms with Crippen LogP contribution in [0, 0.1) is 0 Å². The lowest BCUT2D eigenvalue weighted by Gasteiger charge is -2.15. The number of hydrogen-bond donors (Lipinski definition) is 3. The Hall–Kier alpha value is -4.17. The van der Waals surface area contributed by atoms with Crippen LogP contribution in [0.5, 0.6) is 23.1 Å². The normalized spacial score (nSPS) is 10.7. The summed E-state index contributed by atoms with van der Waals surface area (Å²) < 4.78 is 48.4. The number of carbonyl (C=O) groups excluding carboxylic acids is 1. The largest absolute Gasteiger partial charge is 0.493 e. The Labute approximate surface area is 213 Å². The van der Waals surface area contributed by atoms with Crippen LogP contribution in [-0.2, 0) is 10.0 Å². The Bertz CT molecular complexity index is 1340. The van der Waals surface area contributed by atoms with Gasteiger partial charge in [-0.2, -0.15) is 0 Å². The Balaban J connectivity index is 1.67. The maximum Gasteiger partial charge on any atom is 0.263 e. The topological polar surface area (TPSA) is 150 Å². The van der Waals surface area contributed by atoms with Gasteiger partial charge in [-0.1, -0.05) is 0 Å². The summed E-state index contributed by atoms with van der Waals surface area (Å²) in [5.74, 6) is 0.721. The smallest absolute Gasteiger partial charge is 0.263 e. The zero-order valence-corrected chi connectivity index (χ0v) is 21.3. The van der Waals surface area contributed by atoms with E-state index in [1.165, 1.54) is 77.2 Å². The maximum atomic E-state index is 12.7. The van der Waals surface area contributed by atoms with Crippen molar-refractivity contribution >= 4 is 44.8 Å². The van der Waals surface area contributed by atoms with Gasteiger partial charge in [-0.15, -0.1) is 0 Å². The molecule has 3 N–H and O–H groups in total. The summed E-state index contributed by atoms with van der Waals surface area (Å²) in [6.45, 7) is 0. The molecule has 1 amide bonds. The number of aromatic nitrogens is 2. The zero-order valence-electron chi connectivity index (χ0n) is 19.7. The highest BCUT2D eigenvalue weighted by Gasteiger charge is 2.18. The van der Waals surface area contributed by atoms with Crippen LogP contribution in [0.15, 0.2) is 53.7 Å². The molecule has 3 aromatic rings. The molecule has 0 radical (unpaired) electrons. The van der Waals surface area contributed by atoms with Crippen LogP contribution in [0.3, 0.4) is 0 Å². The Morgan fingerprint density at radius 3 is 2.08 bits per heavy atom. The molecule has 0 aliphatic carbocycles. The Morgan fingerprint density at radius 2 is 1.53 bits per heavy atom. The van der Waals surface area contributed by atoms with E-state index >= 15 is 0 Å². The average molecular weight is 534 g/mol. The number of nitrogens with zero attached hydrogens (tertiary/aromatic N) is 2. The van der Waals surface area contributed by atoms with E-state index in [9.17, 15) is 13.2 Å². The molecule has 0 aliphatic heterocycles. The minimum absolute atomic E-state index is 0.00411. The quantitative estimate of drug-likeness (QED) is 0.348. The van der Waals surface area contributed by atoms with Gasteiger partial charge in [0, 0.05) is 17.3 Å². The molecule has 3 rings (SSSR count). The van der Waals surface area contributed by atoms with E-state index in [0.29, 0.717) is 22.9 Å². The van der Waals surface area contributed by atoms with Crippen molar-refractivity contribution in [3.63, 3.8) is 0 Å². The molecule has 36 heavy (non-hydrogen) atoms. The standard InChI is InChI=1S/C22H23N5O7S2/c1-31-16-9-13(10-17(32-2)20(16)34-4)21(28)26-22(35)25-14-5-7-15(8-6-14)36(29,30)27-18-11-19(33-3)24-12-23-18/h5-12H,1-4H3,(H,23,24,27)(H2,25,26,28,35). The number of thiocarbonyl (C=S) groups is 1. The fraction of sp³-hybridized carbons (Fsp3) is 0.182. The highest BCUT2D eigenvalue weighted by molar-refractivity contribution is 7.92. The molecule has 190 valence electrons. The molecule has 0 saturated carbocycles. The molecular formula is C22H23N5O7S2. The summed E-state index contributed by atoms with van der Waals surface area (Å²) in [6, 6.07) is 10.0. The van der Waals surface area contributed by atoms with Crippen LogP contribution in [0.1, 0.15) is 10.4 Å². The van der Waals surface area contributed by atoms with Crippen molar-refractivity contribution in [3.8, 4) is 23.1 Å². The summed E-state index contributed by atoms with van der Waals surface area (Å²) in [7, 11) is 1.83. The lowest BCUT2D eigenvalue weighted by atomic mass is 10.1. The van der Waals surface area contributed by atoms with Crippen LogP contribution < -0.4 is 34.3 Å². The van der Waals surface area contributed by atoms with Crippen molar-refractivity contribution in [2.45, 2.75) is 4.90 Å². The maximum absolute atomic E-state index is 12.7. The van der Waals surface area contributed by atoms with Gasteiger partial charge in [-0.05, 0) is 48.6 Å². The van der Waals surface area contributed by atoms with Gasteiger partial charge in [0.1, 0.15) is 12.1 Å². The number of anilines is 2. The second kappa shape index (κ2) is 11.5.